The topological polar surface area (TPSA) is 43.1 Å². The van der Waals surface area contributed by atoms with Gasteiger partial charge in [0, 0.05) is 18.2 Å². The van der Waals surface area contributed by atoms with Crippen LogP contribution in [0.5, 0.6) is 0 Å². The van der Waals surface area contributed by atoms with E-state index >= 15 is 0 Å². The van der Waals surface area contributed by atoms with Crippen molar-refractivity contribution in [2.24, 2.45) is 0 Å². The number of aryl methyl sites for hydroxylation is 1. The van der Waals surface area contributed by atoms with Crippen molar-refractivity contribution in [2.75, 3.05) is 0 Å². The summed E-state index contributed by atoms with van der Waals surface area (Å²) in [5, 5.41) is 0.609. The van der Waals surface area contributed by atoms with E-state index in [0.717, 1.165) is 37.0 Å². The molecule has 76 valence electrons. The van der Waals surface area contributed by atoms with Crippen LogP contribution in [-0.2, 0) is 12.8 Å². The lowest BCUT2D eigenvalue weighted by Gasteiger charge is -2.13. The second-order valence-corrected chi connectivity index (χ2v) is 3.90. The molecule has 15 heavy (non-hydrogen) atoms. The Balaban J connectivity index is 2.41. The number of rotatable bonds is 0. The third kappa shape index (κ3) is 1.27. The summed E-state index contributed by atoms with van der Waals surface area (Å²) in [7, 11) is 0. The Kier molecular flexibility index (Phi) is 1.84. The van der Waals surface area contributed by atoms with E-state index < -0.39 is 0 Å². The molecule has 0 N–H and O–H groups in total. The molecule has 2 aromatic heterocycles. The van der Waals surface area contributed by atoms with E-state index in [9.17, 15) is 4.79 Å². The van der Waals surface area contributed by atoms with Crippen molar-refractivity contribution in [1.82, 2.24) is 4.98 Å². The minimum atomic E-state index is 0.110. The molecule has 0 saturated heterocycles. The van der Waals surface area contributed by atoms with Crippen molar-refractivity contribution >= 4 is 11.1 Å². The first-order valence-electron chi connectivity index (χ1n) is 5.26. The van der Waals surface area contributed by atoms with Crippen LogP contribution in [0, 0.1) is 0 Å². The van der Waals surface area contributed by atoms with E-state index in [1.54, 1.807) is 18.3 Å². The second kappa shape index (κ2) is 3.19. The zero-order chi connectivity index (χ0) is 10.3. The molecule has 0 aliphatic heterocycles. The van der Waals surface area contributed by atoms with Crippen LogP contribution in [0.1, 0.15) is 24.2 Å². The molecule has 0 fully saturated rings. The van der Waals surface area contributed by atoms with Gasteiger partial charge in [-0.2, -0.15) is 0 Å². The van der Waals surface area contributed by atoms with Crippen LogP contribution in [0.2, 0.25) is 0 Å². The number of aromatic nitrogens is 1. The normalized spacial score (nSPS) is 15.2. The van der Waals surface area contributed by atoms with E-state index in [-0.39, 0.29) is 5.43 Å². The third-order valence-corrected chi connectivity index (χ3v) is 2.93. The van der Waals surface area contributed by atoms with Gasteiger partial charge < -0.3 is 4.42 Å². The van der Waals surface area contributed by atoms with E-state index in [0.29, 0.717) is 11.1 Å². The number of fused-ring (bicyclic) bond motifs is 2. The van der Waals surface area contributed by atoms with Gasteiger partial charge in [0.05, 0.1) is 5.39 Å². The molecular weight excluding hydrogens is 190 g/mol. The van der Waals surface area contributed by atoms with E-state index in [2.05, 4.69) is 4.98 Å². The fraction of sp³-hybridized carbons (Fsp3) is 0.333. The van der Waals surface area contributed by atoms with Crippen LogP contribution >= 0.6 is 0 Å². The van der Waals surface area contributed by atoms with Crippen LogP contribution < -0.4 is 5.43 Å². The van der Waals surface area contributed by atoms with Gasteiger partial charge in [0.15, 0.2) is 5.43 Å². The fourth-order valence-corrected chi connectivity index (χ4v) is 2.15. The number of nitrogens with zero attached hydrogens (tertiary/aromatic N) is 1. The smallest absolute Gasteiger partial charge is 0.230 e. The third-order valence-electron chi connectivity index (χ3n) is 2.93. The van der Waals surface area contributed by atoms with E-state index in [1.807, 2.05) is 0 Å². The SMILES string of the molecule is O=c1c2c(oc3ncccc13)CCCC2. The Morgan fingerprint density at radius 2 is 2.13 bits per heavy atom. The van der Waals surface area contributed by atoms with Gasteiger partial charge in [-0.05, 0) is 31.4 Å². The average Bonchev–Trinajstić information content (AvgIpc) is 2.30. The second-order valence-electron chi connectivity index (χ2n) is 3.90. The van der Waals surface area contributed by atoms with Gasteiger partial charge in [-0.15, -0.1) is 0 Å². The van der Waals surface area contributed by atoms with Gasteiger partial charge >= 0.3 is 0 Å². The highest BCUT2D eigenvalue weighted by molar-refractivity contribution is 5.73. The average molecular weight is 201 g/mol. The maximum absolute atomic E-state index is 12.1. The van der Waals surface area contributed by atoms with Crippen molar-refractivity contribution in [3.8, 4) is 0 Å². The van der Waals surface area contributed by atoms with Gasteiger partial charge in [0.25, 0.3) is 0 Å². The Morgan fingerprint density at radius 1 is 1.27 bits per heavy atom. The quantitative estimate of drug-likeness (QED) is 0.655. The standard InChI is InChI=1S/C12H11NO2/c14-11-8-4-1-2-6-10(8)15-12-9(11)5-3-7-13-12/h3,5,7H,1-2,4,6H2. The molecule has 0 unspecified atom stereocenters. The van der Waals surface area contributed by atoms with Gasteiger partial charge in [-0.3, -0.25) is 4.79 Å². The molecule has 1 aliphatic carbocycles. The van der Waals surface area contributed by atoms with Gasteiger partial charge in [0.2, 0.25) is 5.71 Å². The van der Waals surface area contributed by atoms with Crippen molar-refractivity contribution in [2.45, 2.75) is 25.7 Å². The highest BCUT2D eigenvalue weighted by Crippen LogP contribution is 2.21. The zero-order valence-electron chi connectivity index (χ0n) is 8.32. The summed E-state index contributed by atoms with van der Waals surface area (Å²) in [6.07, 6.45) is 5.57. The van der Waals surface area contributed by atoms with Crippen molar-refractivity contribution < 1.29 is 4.42 Å². The van der Waals surface area contributed by atoms with E-state index in [1.165, 1.54) is 0 Å². The number of pyridine rings is 1. The first-order valence-corrected chi connectivity index (χ1v) is 5.26. The number of hydrogen-bond donors (Lipinski definition) is 0. The Labute approximate surface area is 86.8 Å². The molecule has 0 saturated carbocycles. The lowest BCUT2D eigenvalue weighted by molar-refractivity contribution is 0.480. The molecule has 3 nitrogen and oxygen atoms in total. The molecule has 3 rings (SSSR count). The van der Waals surface area contributed by atoms with Gasteiger partial charge in [0.1, 0.15) is 5.76 Å². The van der Waals surface area contributed by atoms with E-state index in [4.69, 9.17) is 4.42 Å². The minimum absolute atomic E-state index is 0.110. The summed E-state index contributed by atoms with van der Waals surface area (Å²) in [5.74, 6) is 0.845. The molecule has 2 heterocycles. The Morgan fingerprint density at radius 3 is 3.07 bits per heavy atom. The predicted octanol–water partition coefficient (Wildman–Crippen LogP) is 2.07. The molecule has 0 amide bonds. The maximum atomic E-state index is 12.1. The largest absolute Gasteiger partial charge is 0.442 e. The van der Waals surface area contributed by atoms with Crippen molar-refractivity contribution in [3.63, 3.8) is 0 Å². The van der Waals surface area contributed by atoms with Crippen LogP contribution in [0.3, 0.4) is 0 Å². The molecule has 0 spiro atoms. The molecule has 0 radical (unpaired) electrons. The summed E-state index contributed by atoms with van der Waals surface area (Å²) in [6, 6.07) is 3.55. The molecule has 3 heteroatoms. The van der Waals surface area contributed by atoms with Crippen molar-refractivity contribution in [1.29, 1.82) is 0 Å². The summed E-state index contributed by atoms with van der Waals surface area (Å²) < 4.78 is 5.65. The lowest BCUT2D eigenvalue weighted by Crippen LogP contribution is -2.16. The minimum Gasteiger partial charge on any atom is -0.442 e. The molecule has 0 atom stereocenters. The summed E-state index contributed by atoms with van der Waals surface area (Å²) >= 11 is 0. The van der Waals surface area contributed by atoms with Crippen LogP contribution in [-0.4, -0.2) is 4.98 Å². The van der Waals surface area contributed by atoms with Crippen LogP contribution in [0.25, 0.3) is 11.1 Å². The highest BCUT2D eigenvalue weighted by atomic mass is 16.3. The fourth-order valence-electron chi connectivity index (χ4n) is 2.15. The van der Waals surface area contributed by atoms with Gasteiger partial charge in [-0.1, -0.05) is 0 Å². The maximum Gasteiger partial charge on any atom is 0.230 e. The summed E-state index contributed by atoms with van der Waals surface area (Å²) in [5.41, 5.74) is 1.45. The first kappa shape index (κ1) is 8.65. The number of hydrogen-bond acceptors (Lipinski definition) is 3. The Bertz CT molecular complexity index is 571. The van der Waals surface area contributed by atoms with Gasteiger partial charge in [-0.25, -0.2) is 4.98 Å². The van der Waals surface area contributed by atoms with Crippen LogP contribution in [0.4, 0.5) is 0 Å². The first-order chi connectivity index (χ1) is 7.36. The molecule has 2 aromatic rings. The molecule has 0 bridgehead atoms. The lowest BCUT2D eigenvalue weighted by atomic mass is 9.96. The Hall–Kier alpha value is -1.64. The highest BCUT2D eigenvalue weighted by Gasteiger charge is 2.17. The molecule has 0 aromatic carbocycles. The zero-order valence-corrected chi connectivity index (χ0v) is 8.32. The molecular formula is C12H11NO2. The van der Waals surface area contributed by atoms with Crippen LogP contribution in [0.15, 0.2) is 27.5 Å². The summed E-state index contributed by atoms with van der Waals surface area (Å²) in [6.45, 7) is 0. The summed E-state index contributed by atoms with van der Waals surface area (Å²) in [4.78, 5) is 16.2. The monoisotopic (exact) mass is 201 g/mol. The predicted molar refractivity (Wildman–Crippen MR) is 56.9 cm³/mol. The molecule has 1 aliphatic rings. The van der Waals surface area contributed by atoms with Crippen molar-refractivity contribution in [3.05, 3.63) is 39.9 Å².